The summed E-state index contributed by atoms with van der Waals surface area (Å²) in [5.41, 5.74) is -0.912. The number of alkyl halides is 2. The molecule has 0 aliphatic carbocycles. The van der Waals surface area contributed by atoms with Crippen LogP contribution in [0.2, 0.25) is 0 Å². The smallest absolute Gasteiger partial charge is 0.272 e. The van der Waals surface area contributed by atoms with Crippen molar-refractivity contribution < 1.29 is 37.8 Å². The molecule has 3 aromatic carbocycles. The Labute approximate surface area is 247 Å². The molecule has 0 bridgehead atoms. The Morgan fingerprint density at radius 1 is 1.00 bits per heavy atom. The summed E-state index contributed by atoms with van der Waals surface area (Å²) in [6.45, 7) is 2.37. The molecule has 1 aliphatic heterocycles. The van der Waals surface area contributed by atoms with E-state index in [0.29, 0.717) is 10.5 Å². The highest BCUT2D eigenvalue weighted by atomic mass is 19.3. The molecule has 3 atom stereocenters. The number of hydrogen-bond acceptors (Lipinski definition) is 5. The summed E-state index contributed by atoms with van der Waals surface area (Å²) >= 11 is 0. The van der Waals surface area contributed by atoms with Gasteiger partial charge in [0.15, 0.2) is 6.10 Å². The fraction of sp³-hybridized carbons (Fsp3) is 0.344. The maximum atomic E-state index is 15.3. The number of aliphatic hydroxyl groups is 1. The normalized spacial score (nSPS) is 18.5. The van der Waals surface area contributed by atoms with Gasteiger partial charge in [0.25, 0.3) is 17.7 Å². The summed E-state index contributed by atoms with van der Waals surface area (Å²) in [6, 6.07) is 15.6. The Morgan fingerprint density at radius 3 is 2.33 bits per heavy atom. The van der Waals surface area contributed by atoms with Crippen molar-refractivity contribution in [2.75, 3.05) is 6.54 Å². The first-order valence-corrected chi connectivity index (χ1v) is 13.8. The number of carbonyl (C=O) groups excluding carboxylic acids is 3. The molecule has 4 rings (SSSR count). The van der Waals surface area contributed by atoms with E-state index < -0.39 is 59.6 Å². The maximum Gasteiger partial charge on any atom is 0.272 e. The first kappa shape index (κ1) is 31.6. The zero-order chi connectivity index (χ0) is 31.5. The van der Waals surface area contributed by atoms with Crippen LogP contribution in [-0.4, -0.2) is 63.5 Å². The number of nitrogens with one attached hydrogen (secondary N) is 2. The second kappa shape index (κ2) is 12.5. The van der Waals surface area contributed by atoms with Crippen LogP contribution < -0.4 is 10.6 Å². The fourth-order valence-corrected chi connectivity index (χ4v) is 5.26. The first-order chi connectivity index (χ1) is 20.2. The van der Waals surface area contributed by atoms with Crippen molar-refractivity contribution in [3.8, 4) is 5.75 Å². The van der Waals surface area contributed by atoms with Gasteiger partial charge in [0.05, 0.1) is 18.0 Å². The number of likely N-dealkylation sites (tertiary alicyclic amines) is 1. The highest BCUT2D eigenvalue weighted by Gasteiger charge is 2.64. The van der Waals surface area contributed by atoms with Crippen molar-refractivity contribution in [2.24, 2.45) is 5.41 Å². The molecular weight excluding hydrogens is 563 g/mol. The third-order valence-corrected chi connectivity index (χ3v) is 8.05. The van der Waals surface area contributed by atoms with Crippen LogP contribution in [0.1, 0.15) is 40.9 Å². The third-order valence-electron chi connectivity index (χ3n) is 8.05. The van der Waals surface area contributed by atoms with Crippen LogP contribution >= 0.6 is 0 Å². The molecule has 8 nitrogen and oxygen atoms in total. The lowest BCUT2D eigenvalue weighted by atomic mass is 9.81. The topological polar surface area (TPSA) is 119 Å². The fourth-order valence-electron chi connectivity index (χ4n) is 5.26. The second-order valence-corrected chi connectivity index (χ2v) is 11.3. The van der Waals surface area contributed by atoms with Crippen LogP contribution in [0.5, 0.6) is 5.75 Å². The van der Waals surface area contributed by atoms with Crippen molar-refractivity contribution in [2.45, 2.75) is 57.8 Å². The molecule has 1 heterocycles. The van der Waals surface area contributed by atoms with Gasteiger partial charge in [-0.15, -0.1) is 0 Å². The molecule has 1 saturated heterocycles. The van der Waals surface area contributed by atoms with Gasteiger partial charge in [0.1, 0.15) is 17.6 Å². The van der Waals surface area contributed by atoms with Gasteiger partial charge >= 0.3 is 0 Å². The van der Waals surface area contributed by atoms with Gasteiger partial charge in [-0.3, -0.25) is 14.4 Å². The van der Waals surface area contributed by atoms with Gasteiger partial charge < -0.3 is 25.7 Å². The first-order valence-electron chi connectivity index (χ1n) is 13.8. The number of phenols is 1. The standard InChI is InChI=1S/C32H34F3N3O5/c1-19-22(13-9-15-25(19)39)28(41)37-24(16-20-10-5-4-6-11-20)26(40)30(43)38-18-32(34,35)31(2,3)27(38)29(42)36-17-21-12-7-8-14-23(21)33/h4-15,24,26-27,39-40H,16-18H2,1-3H3,(H,36,42)(H,37,41)/t24?,26-,27?/m0/s1. The molecule has 3 amide bonds. The third kappa shape index (κ3) is 6.51. The predicted molar refractivity (Wildman–Crippen MR) is 153 cm³/mol. The van der Waals surface area contributed by atoms with E-state index in [4.69, 9.17) is 0 Å². The summed E-state index contributed by atoms with van der Waals surface area (Å²) in [5.74, 6) is -7.06. The van der Waals surface area contributed by atoms with E-state index in [1.165, 1.54) is 43.3 Å². The highest BCUT2D eigenvalue weighted by Crippen LogP contribution is 2.48. The number of phenolic OH excluding ortho intramolecular Hbond substituents is 1. The number of aliphatic hydroxyl groups excluding tert-OH is 1. The van der Waals surface area contributed by atoms with Crippen molar-refractivity contribution in [3.63, 3.8) is 0 Å². The van der Waals surface area contributed by atoms with Crippen LogP contribution in [0.4, 0.5) is 13.2 Å². The van der Waals surface area contributed by atoms with Crippen molar-refractivity contribution in [3.05, 3.63) is 101 Å². The van der Waals surface area contributed by atoms with Gasteiger partial charge in [-0.2, -0.15) is 0 Å². The minimum Gasteiger partial charge on any atom is -0.508 e. The number of amides is 3. The Balaban J connectivity index is 1.62. The number of benzene rings is 3. The molecule has 228 valence electrons. The number of carbonyl (C=O) groups is 3. The van der Waals surface area contributed by atoms with Crippen LogP contribution in [0.25, 0.3) is 0 Å². The summed E-state index contributed by atoms with van der Waals surface area (Å²) < 4.78 is 44.7. The highest BCUT2D eigenvalue weighted by molar-refractivity contribution is 5.97. The molecule has 0 aromatic heterocycles. The summed E-state index contributed by atoms with van der Waals surface area (Å²) in [7, 11) is 0. The molecule has 0 saturated carbocycles. The van der Waals surface area contributed by atoms with Crippen LogP contribution in [-0.2, 0) is 22.6 Å². The lowest BCUT2D eigenvalue weighted by molar-refractivity contribution is -0.148. The summed E-state index contributed by atoms with van der Waals surface area (Å²) in [4.78, 5) is 40.9. The molecule has 2 unspecified atom stereocenters. The minimum atomic E-state index is -3.51. The van der Waals surface area contributed by atoms with Gasteiger partial charge in [0, 0.05) is 23.2 Å². The van der Waals surface area contributed by atoms with Crippen molar-refractivity contribution in [1.82, 2.24) is 15.5 Å². The molecule has 43 heavy (non-hydrogen) atoms. The maximum absolute atomic E-state index is 15.3. The second-order valence-electron chi connectivity index (χ2n) is 11.3. The van der Waals surface area contributed by atoms with Gasteiger partial charge in [-0.05, 0) is 37.1 Å². The monoisotopic (exact) mass is 597 g/mol. The molecule has 11 heteroatoms. The Kier molecular flexibility index (Phi) is 9.15. The number of rotatable bonds is 9. The zero-order valence-electron chi connectivity index (χ0n) is 24.0. The average Bonchev–Trinajstić information content (AvgIpc) is 3.16. The minimum absolute atomic E-state index is 0.0465. The lowest BCUT2D eigenvalue weighted by Crippen LogP contribution is -2.57. The molecule has 3 aromatic rings. The van der Waals surface area contributed by atoms with Crippen molar-refractivity contribution in [1.29, 1.82) is 0 Å². The zero-order valence-corrected chi connectivity index (χ0v) is 24.0. The molecule has 1 aliphatic rings. The number of aromatic hydroxyl groups is 1. The number of nitrogens with zero attached hydrogens (tertiary/aromatic N) is 1. The molecular formula is C32H34F3N3O5. The van der Waals surface area contributed by atoms with E-state index in [0.717, 1.165) is 13.8 Å². The van der Waals surface area contributed by atoms with E-state index in [1.54, 1.807) is 36.4 Å². The van der Waals surface area contributed by atoms with Gasteiger partial charge in [0.2, 0.25) is 5.91 Å². The van der Waals surface area contributed by atoms with Crippen molar-refractivity contribution >= 4 is 17.7 Å². The number of hydrogen-bond donors (Lipinski definition) is 4. The Hall–Kier alpha value is -4.38. The SMILES string of the molecule is Cc1c(O)cccc1C(=O)NC(Cc1ccccc1)[C@H](O)C(=O)N1CC(F)(F)C(C)(C)C1C(=O)NCc1ccccc1F. The van der Waals surface area contributed by atoms with Crippen LogP contribution in [0.15, 0.2) is 72.8 Å². The number of halogens is 3. The summed E-state index contributed by atoms with van der Waals surface area (Å²) in [5, 5.41) is 26.4. The lowest BCUT2D eigenvalue weighted by Gasteiger charge is -2.34. The average molecular weight is 598 g/mol. The van der Waals surface area contributed by atoms with E-state index in [-0.39, 0.29) is 35.4 Å². The van der Waals surface area contributed by atoms with E-state index >= 15 is 8.78 Å². The van der Waals surface area contributed by atoms with E-state index in [1.807, 2.05) is 0 Å². The van der Waals surface area contributed by atoms with Gasteiger partial charge in [-0.1, -0.05) is 68.4 Å². The summed E-state index contributed by atoms with van der Waals surface area (Å²) in [6.07, 6.45) is -2.07. The van der Waals surface area contributed by atoms with Crippen LogP contribution in [0, 0.1) is 18.2 Å². The Bertz CT molecular complexity index is 1500. The molecule has 0 radical (unpaired) electrons. The quantitative estimate of drug-likeness (QED) is 0.300. The largest absolute Gasteiger partial charge is 0.508 e. The predicted octanol–water partition coefficient (Wildman–Crippen LogP) is 3.73. The van der Waals surface area contributed by atoms with Crippen LogP contribution in [0.3, 0.4) is 0 Å². The van der Waals surface area contributed by atoms with E-state index in [2.05, 4.69) is 10.6 Å². The van der Waals surface area contributed by atoms with E-state index in [9.17, 15) is 29.0 Å². The molecule has 1 fully saturated rings. The van der Waals surface area contributed by atoms with Gasteiger partial charge in [-0.25, -0.2) is 13.2 Å². The molecule has 4 N–H and O–H groups in total. The molecule has 0 spiro atoms. The Morgan fingerprint density at radius 2 is 1.65 bits per heavy atom.